The summed E-state index contributed by atoms with van der Waals surface area (Å²) in [6, 6.07) is 0. The molecule has 4 nitrogen and oxygen atoms in total. The quantitative estimate of drug-likeness (QED) is 0.772. The molecule has 0 saturated carbocycles. The average Bonchev–Trinajstić information content (AvgIpc) is 2.52. The van der Waals surface area contributed by atoms with E-state index >= 15 is 0 Å². The van der Waals surface area contributed by atoms with Crippen molar-refractivity contribution in [3.63, 3.8) is 0 Å². The third-order valence-electron chi connectivity index (χ3n) is 2.65. The Bertz CT molecular complexity index is 289. The molecular formula is C11H22N4. The minimum Gasteiger partial charge on any atom is -0.381 e. The highest BCUT2D eigenvalue weighted by Crippen LogP contribution is 2.10. The molecule has 0 radical (unpaired) electrons. The summed E-state index contributed by atoms with van der Waals surface area (Å²) in [6.07, 6.45) is 2.03. The molecule has 0 bridgehead atoms. The SMILES string of the molecule is CCN(CC)CCNc1cn(C)nc1C. The zero-order valence-electron chi connectivity index (χ0n) is 10.2. The fraction of sp³-hybridized carbons (Fsp3) is 0.727. The van der Waals surface area contributed by atoms with Crippen LogP contribution >= 0.6 is 0 Å². The van der Waals surface area contributed by atoms with Crippen molar-refractivity contribution in [1.82, 2.24) is 14.7 Å². The van der Waals surface area contributed by atoms with Crippen molar-refractivity contribution in [3.05, 3.63) is 11.9 Å². The Morgan fingerprint density at radius 3 is 2.53 bits per heavy atom. The van der Waals surface area contributed by atoms with E-state index in [-0.39, 0.29) is 0 Å². The molecule has 1 rings (SSSR count). The van der Waals surface area contributed by atoms with E-state index in [9.17, 15) is 0 Å². The molecule has 0 aromatic carbocycles. The molecule has 0 aliphatic carbocycles. The van der Waals surface area contributed by atoms with E-state index in [0.29, 0.717) is 0 Å². The van der Waals surface area contributed by atoms with Crippen molar-refractivity contribution >= 4 is 5.69 Å². The Labute approximate surface area is 92.3 Å². The molecule has 4 heteroatoms. The predicted octanol–water partition coefficient (Wildman–Crippen LogP) is 1.48. The maximum atomic E-state index is 4.29. The van der Waals surface area contributed by atoms with Gasteiger partial charge in [0.1, 0.15) is 0 Å². The highest BCUT2D eigenvalue weighted by atomic mass is 15.3. The van der Waals surface area contributed by atoms with Crippen molar-refractivity contribution in [3.8, 4) is 0 Å². The summed E-state index contributed by atoms with van der Waals surface area (Å²) in [4.78, 5) is 2.40. The zero-order valence-corrected chi connectivity index (χ0v) is 10.2. The van der Waals surface area contributed by atoms with Gasteiger partial charge in [0.25, 0.3) is 0 Å². The summed E-state index contributed by atoms with van der Waals surface area (Å²) in [7, 11) is 1.95. The lowest BCUT2D eigenvalue weighted by molar-refractivity contribution is 0.316. The van der Waals surface area contributed by atoms with Gasteiger partial charge >= 0.3 is 0 Å². The van der Waals surface area contributed by atoms with E-state index < -0.39 is 0 Å². The molecule has 15 heavy (non-hydrogen) atoms. The minimum atomic E-state index is 0.980. The van der Waals surface area contributed by atoms with E-state index in [1.165, 1.54) is 0 Å². The van der Waals surface area contributed by atoms with Crippen molar-refractivity contribution in [1.29, 1.82) is 0 Å². The standard InChI is InChI=1S/C11H22N4/c1-5-15(6-2)8-7-12-11-9-14(4)13-10(11)3/h9,12H,5-8H2,1-4H3. The Kier molecular flexibility index (Phi) is 4.62. The van der Waals surface area contributed by atoms with Gasteiger partial charge in [-0.05, 0) is 20.0 Å². The van der Waals surface area contributed by atoms with Crippen molar-refractivity contribution in [2.45, 2.75) is 20.8 Å². The third-order valence-corrected chi connectivity index (χ3v) is 2.65. The van der Waals surface area contributed by atoms with Crippen molar-refractivity contribution in [2.24, 2.45) is 7.05 Å². The third kappa shape index (κ3) is 3.55. The molecule has 86 valence electrons. The summed E-state index contributed by atoms with van der Waals surface area (Å²) in [5.74, 6) is 0. The molecule has 1 aromatic heterocycles. The van der Waals surface area contributed by atoms with Crippen molar-refractivity contribution < 1.29 is 0 Å². The first-order valence-electron chi connectivity index (χ1n) is 5.63. The number of anilines is 1. The lowest BCUT2D eigenvalue weighted by Gasteiger charge is -2.18. The molecule has 0 fully saturated rings. The Morgan fingerprint density at radius 2 is 2.07 bits per heavy atom. The van der Waals surface area contributed by atoms with Crippen LogP contribution in [0.25, 0.3) is 0 Å². The molecular weight excluding hydrogens is 188 g/mol. The molecule has 0 aliphatic rings. The maximum Gasteiger partial charge on any atom is 0.0824 e. The van der Waals surface area contributed by atoms with E-state index in [4.69, 9.17) is 0 Å². The lowest BCUT2D eigenvalue weighted by atomic mass is 10.4. The molecule has 0 amide bonds. The lowest BCUT2D eigenvalue weighted by Crippen LogP contribution is -2.28. The second-order valence-corrected chi connectivity index (χ2v) is 3.76. The van der Waals surface area contributed by atoms with Gasteiger partial charge in [0.2, 0.25) is 0 Å². The first kappa shape index (κ1) is 12.0. The number of aromatic nitrogens is 2. The van der Waals surface area contributed by atoms with Gasteiger partial charge in [-0.25, -0.2) is 0 Å². The summed E-state index contributed by atoms with van der Waals surface area (Å²) in [6.45, 7) is 10.7. The largest absolute Gasteiger partial charge is 0.381 e. The predicted molar refractivity (Wildman–Crippen MR) is 64.2 cm³/mol. The molecule has 0 unspecified atom stereocenters. The second-order valence-electron chi connectivity index (χ2n) is 3.76. The number of hydrogen-bond donors (Lipinski definition) is 1. The van der Waals surface area contributed by atoms with E-state index in [1.54, 1.807) is 0 Å². The number of rotatable bonds is 6. The number of nitrogens with zero attached hydrogens (tertiary/aromatic N) is 3. The Morgan fingerprint density at radius 1 is 1.40 bits per heavy atom. The molecule has 1 aromatic rings. The Balaban J connectivity index is 2.34. The Hall–Kier alpha value is -1.03. The first-order chi connectivity index (χ1) is 7.17. The number of aryl methyl sites for hydroxylation is 2. The van der Waals surface area contributed by atoms with Crippen LogP contribution < -0.4 is 5.32 Å². The van der Waals surface area contributed by atoms with Crippen LogP contribution in [0.3, 0.4) is 0 Å². The fourth-order valence-corrected chi connectivity index (χ4v) is 1.66. The van der Waals surface area contributed by atoms with Gasteiger partial charge in [-0.3, -0.25) is 4.68 Å². The van der Waals surface area contributed by atoms with Crippen LogP contribution in [0, 0.1) is 6.92 Å². The average molecular weight is 210 g/mol. The summed E-state index contributed by atoms with van der Waals surface area (Å²) < 4.78 is 1.84. The van der Waals surface area contributed by atoms with E-state index in [1.807, 2.05) is 24.9 Å². The number of nitrogens with one attached hydrogen (secondary N) is 1. The van der Waals surface area contributed by atoms with Gasteiger partial charge < -0.3 is 10.2 Å². The van der Waals surface area contributed by atoms with Crippen LogP contribution in [0.4, 0.5) is 5.69 Å². The second kappa shape index (κ2) is 5.75. The van der Waals surface area contributed by atoms with Crippen LogP contribution in [-0.2, 0) is 7.05 Å². The summed E-state index contributed by atoms with van der Waals surface area (Å²) >= 11 is 0. The molecule has 1 N–H and O–H groups in total. The van der Waals surface area contributed by atoms with Crippen LogP contribution in [-0.4, -0.2) is 40.9 Å². The normalized spacial score (nSPS) is 11.0. The van der Waals surface area contributed by atoms with Gasteiger partial charge in [0.05, 0.1) is 11.4 Å². The number of hydrogen-bond acceptors (Lipinski definition) is 3. The summed E-state index contributed by atoms with van der Waals surface area (Å²) in [5.41, 5.74) is 2.21. The highest BCUT2D eigenvalue weighted by Gasteiger charge is 2.02. The van der Waals surface area contributed by atoms with Gasteiger partial charge in [-0.15, -0.1) is 0 Å². The van der Waals surface area contributed by atoms with E-state index in [2.05, 4.69) is 29.2 Å². The molecule has 0 atom stereocenters. The van der Waals surface area contributed by atoms with E-state index in [0.717, 1.165) is 37.6 Å². The first-order valence-corrected chi connectivity index (χ1v) is 5.63. The van der Waals surface area contributed by atoms with Crippen LogP contribution in [0.2, 0.25) is 0 Å². The topological polar surface area (TPSA) is 33.1 Å². The molecule has 1 heterocycles. The smallest absolute Gasteiger partial charge is 0.0824 e. The van der Waals surface area contributed by atoms with Crippen LogP contribution in [0.5, 0.6) is 0 Å². The van der Waals surface area contributed by atoms with Gasteiger partial charge in [-0.1, -0.05) is 13.8 Å². The summed E-state index contributed by atoms with van der Waals surface area (Å²) in [5, 5.41) is 7.70. The van der Waals surface area contributed by atoms with Crippen LogP contribution in [0.1, 0.15) is 19.5 Å². The van der Waals surface area contributed by atoms with Crippen LogP contribution in [0.15, 0.2) is 6.20 Å². The molecule has 0 saturated heterocycles. The minimum absolute atomic E-state index is 0.980. The maximum absolute atomic E-state index is 4.29. The monoisotopic (exact) mass is 210 g/mol. The zero-order chi connectivity index (χ0) is 11.3. The van der Waals surface area contributed by atoms with Gasteiger partial charge in [0.15, 0.2) is 0 Å². The van der Waals surface area contributed by atoms with Gasteiger partial charge in [-0.2, -0.15) is 5.10 Å². The molecule has 0 spiro atoms. The fourth-order valence-electron chi connectivity index (χ4n) is 1.66. The van der Waals surface area contributed by atoms with Crippen molar-refractivity contribution in [2.75, 3.05) is 31.5 Å². The molecule has 0 aliphatic heterocycles. The highest BCUT2D eigenvalue weighted by molar-refractivity contribution is 5.45. The van der Waals surface area contributed by atoms with Gasteiger partial charge in [0, 0.05) is 26.3 Å². The number of likely N-dealkylation sites (N-methyl/N-ethyl adjacent to an activating group) is 1.